The van der Waals surface area contributed by atoms with E-state index in [1.54, 1.807) is 0 Å². The van der Waals surface area contributed by atoms with E-state index < -0.39 is 0 Å². The van der Waals surface area contributed by atoms with E-state index in [4.69, 9.17) is 0 Å². The minimum atomic E-state index is -0.380. The minimum Gasteiger partial charge on any atom is -0.207 e. The van der Waals surface area contributed by atoms with Crippen LogP contribution in [-0.4, -0.2) is 0 Å². The molecule has 0 saturated heterocycles. The zero-order chi connectivity index (χ0) is 16.0. The van der Waals surface area contributed by atoms with E-state index in [0.29, 0.717) is 11.5 Å². The second-order valence-corrected chi connectivity index (χ2v) is 5.53. The molecule has 0 atom stereocenters. The van der Waals surface area contributed by atoms with Crippen LogP contribution < -0.4 is 0 Å². The zero-order valence-electron chi connectivity index (χ0n) is 12.8. The Balaban J connectivity index is 0.000000211. The maximum Gasteiger partial charge on any atom is 0.126 e. The predicted octanol–water partition coefficient (Wildman–Crippen LogP) is 6.04. The Bertz CT molecular complexity index is 557. The van der Waals surface area contributed by atoms with Crippen molar-refractivity contribution in [3.05, 3.63) is 71.0 Å². The topological polar surface area (TPSA) is 0 Å². The van der Waals surface area contributed by atoms with Gasteiger partial charge in [0.25, 0.3) is 0 Å². The first-order valence-electron chi connectivity index (χ1n) is 7.01. The molecular formula is C18H21F3. The van der Waals surface area contributed by atoms with Gasteiger partial charge in [-0.3, -0.25) is 0 Å². The number of hydrogen-bond donors (Lipinski definition) is 0. The summed E-state index contributed by atoms with van der Waals surface area (Å²) in [4.78, 5) is 0. The normalized spacial score (nSPS) is 10.5. The average molecular weight is 294 g/mol. The molecule has 0 amide bonds. The number of halogens is 3. The molecule has 0 aromatic heterocycles. The molecule has 0 saturated carbocycles. The SMILES string of the molecule is CC(C)c1cc(F)ccc1F.CC(C)c1ccc(F)cc1. The quantitative estimate of drug-likeness (QED) is 0.633. The van der Waals surface area contributed by atoms with E-state index in [9.17, 15) is 13.2 Å². The Morgan fingerprint density at radius 3 is 1.62 bits per heavy atom. The molecule has 114 valence electrons. The maximum atomic E-state index is 12.9. The molecule has 0 aliphatic heterocycles. The maximum absolute atomic E-state index is 12.9. The number of hydrogen-bond acceptors (Lipinski definition) is 0. The fourth-order valence-corrected chi connectivity index (χ4v) is 1.80. The molecule has 0 radical (unpaired) electrons. The summed E-state index contributed by atoms with van der Waals surface area (Å²) in [7, 11) is 0. The van der Waals surface area contributed by atoms with Gasteiger partial charge in [0, 0.05) is 0 Å². The highest BCUT2D eigenvalue weighted by Crippen LogP contribution is 2.18. The monoisotopic (exact) mass is 294 g/mol. The lowest BCUT2D eigenvalue weighted by molar-refractivity contribution is 0.575. The molecule has 0 N–H and O–H groups in total. The molecule has 0 aliphatic carbocycles. The van der Waals surface area contributed by atoms with Gasteiger partial charge < -0.3 is 0 Å². The van der Waals surface area contributed by atoms with Crippen molar-refractivity contribution in [1.82, 2.24) is 0 Å². The molecule has 0 nitrogen and oxygen atoms in total. The summed E-state index contributed by atoms with van der Waals surface area (Å²) in [5, 5.41) is 0. The van der Waals surface area contributed by atoms with Crippen LogP contribution in [0.15, 0.2) is 42.5 Å². The van der Waals surface area contributed by atoms with Gasteiger partial charge in [0.2, 0.25) is 0 Å². The van der Waals surface area contributed by atoms with Crippen LogP contribution in [0.4, 0.5) is 13.2 Å². The van der Waals surface area contributed by atoms with Gasteiger partial charge in [-0.1, -0.05) is 39.8 Å². The van der Waals surface area contributed by atoms with Crippen LogP contribution in [-0.2, 0) is 0 Å². The van der Waals surface area contributed by atoms with Gasteiger partial charge in [-0.2, -0.15) is 0 Å². The first-order chi connectivity index (χ1) is 9.81. The minimum absolute atomic E-state index is 0.0331. The molecule has 0 spiro atoms. The van der Waals surface area contributed by atoms with Gasteiger partial charge in [-0.15, -0.1) is 0 Å². The Morgan fingerprint density at radius 1 is 0.667 bits per heavy atom. The predicted molar refractivity (Wildman–Crippen MR) is 80.9 cm³/mol. The largest absolute Gasteiger partial charge is 0.207 e. The van der Waals surface area contributed by atoms with Crippen LogP contribution in [0.25, 0.3) is 0 Å². The van der Waals surface area contributed by atoms with Crippen LogP contribution in [0.3, 0.4) is 0 Å². The fraction of sp³-hybridized carbons (Fsp3) is 0.333. The van der Waals surface area contributed by atoms with Crippen LogP contribution in [0.2, 0.25) is 0 Å². The van der Waals surface area contributed by atoms with Crippen molar-refractivity contribution in [3.8, 4) is 0 Å². The Morgan fingerprint density at radius 2 is 1.19 bits per heavy atom. The summed E-state index contributed by atoms with van der Waals surface area (Å²) in [6, 6.07) is 10.1. The number of benzene rings is 2. The molecule has 2 aromatic rings. The van der Waals surface area contributed by atoms with Gasteiger partial charge in [-0.05, 0) is 53.3 Å². The summed E-state index contributed by atoms with van der Waals surface area (Å²) < 4.78 is 37.7. The molecule has 0 unspecified atom stereocenters. The number of rotatable bonds is 2. The summed E-state index contributed by atoms with van der Waals surface area (Å²) in [6.45, 7) is 7.84. The first-order valence-corrected chi connectivity index (χ1v) is 7.01. The fourth-order valence-electron chi connectivity index (χ4n) is 1.80. The third kappa shape index (κ3) is 5.62. The van der Waals surface area contributed by atoms with E-state index in [1.165, 1.54) is 23.8 Å². The van der Waals surface area contributed by atoms with E-state index in [2.05, 4.69) is 13.8 Å². The zero-order valence-corrected chi connectivity index (χ0v) is 12.8. The highest BCUT2D eigenvalue weighted by Gasteiger charge is 2.06. The smallest absolute Gasteiger partial charge is 0.126 e. The first kappa shape index (κ1) is 17.3. The van der Waals surface area contributed by atoms with Crippen LogP contribution in [0.1, 0.15) is 50.7 Å². The summed E-state index contributed by atoms with van der Waals surface area (Å²) in [5.74, 6) is -0.354. The summed E-state index contributed by atoms with van der Waals surface area (Å²) >= 11 is 0. The second kappa shape index (κ2) is 7.87. The molecular weight excluding hydrogens is 273 g/mol. The molecule has 2 aromatic carbocycles. The van der Waals surface area contributed by atoms with E-state index >= 15 is 0 Å². The van der Waals surface area contributed by atoms with Crippen molar-refractivity contribution in [1.29, 1.82) is 0 Å². The standard InChI is InChI=1S/C9H10F2.C9H11F/c1-6(2)8-5-7(10)3-4-9(8)11;1-7(2)8-3-5-9(10)6-4-8/h3-6H,1-2H3;3-7H,1-2H3. The lowest BCUT2D eigenvalue weighted by atomic mass is 10.0. The van der Waals surface area contributed by atoms with Gasteiger partial charge in [0.15, 0.2) is 0 Å². The molecule has 0 heterocycles. The summed E-state index contributed by atoms with van der Waals surface area (Å²) in [6.07, 6.45) is 0. The van der Waals surface area contributed by atoms with Crippen LogP contribution >= 0.6 is 0 Å². The lowest BCUT2D eigenvalue weighted by Gasteiger charge is -2.05. The van der Waals surface area contributed by atoms with Gasteiger partial charge in [0.1, 0.15) is 17.5 Å². The van der Waals surface area contributed by atoms with Gasteiger partial charge >= 0.3 is 0 Å². The Labute approximate surface area is 124 Å². The highest BCUT2D eigenvalue weighted by atomic mass is 19.1. The summed E-state index contributed by atoms with van der Waals surface area (Å²) in [5.41, 5.74) is 1.62. The van der Waals surface area contributed by atoms with Crippen LogP contribution in [0, 0.1) is 17.5 Å². The highest BCUT2D eigenvalue weighted by molar-refractivity contribution is 5.21. The van der Waals surface area contributed by atoms with Crippen LogP contribution in [0.5, 0.6) is 0 Å². The molecule has 21 heavy (non-hydrogen) atoms. The van der Waals surface area contributed by atoms with Gasteiger partial charge in [0.05, 0.1) is 0 Å². The Kier molecular flexibility index (Phi) is 6.47. The van der Waals surface area contributed by atoms with E-state index in [1.807, 2.05) is 26.0 Å². The third-order valence-corrected chi connectivity index (χ3v) is 3.12. The van der Waals surface area contributed by atoms with Crippen molar-refractivity contribution < 1.29 is 13.2 Å². The molecule has 0 bridgehead atoms. The van der Waals surface area contributed by atoms with Crippen molar-refractivity contribution >= 4 is 0 Å². The Hall–Kier alpha value is -1.77. The van der Waals surface area contributed by atoms with Gasteiger partial charge in [-0.25, -0.2) is 13.2 Å². The molecule has 0 aliphatic rings. The van der Waals surface area contributed by atoms with E-state index in [0.717, 1.165) is 12.1 Å². The van der Waals surface area contributed by atoms with Crippen molar-refractivity contribution in [2.24, 2.45) is 0 Å². The van der Waals surface area contributed by atoms with E-state index in [-0.39, 0.29) is 23.4 Å². The molecule has 0 fully saturated rings. The van der Waals surface area contributed by atoms with Crippen molar-refractivity contribution in [3.63, 3.8) is 0 Å². The molecule has 3 heteroatoms. The third-order valence-electron chi connectivity index (χ3n) is 3.12. The van der Waals surface area contributed by atoms with Crippen molar-refractivity contribution in [2.45, 2.75) is 39.5 Å². The average Bonchev–Trinajstić information content (AvgIpc) is 2.42. The molecule has 2 rings (SSSR count). The van der Waals surface area contributed by atoms with Crippen molar-refractivity contribution in [2.75, 3.05) is 0 Å². The second-order valence-electron chi connectivity index (χ2n) is 5.53. The lowest BCUT2D eigenvalue weighted by Crippen LogP contribution is -1.93.